The zero-order valence-corrected chi connectivity index (χ0v) is 32.0. The molecule has 0 saturated carbocycles. The van der Waals surface area contributed by atoms with E-state index in [1.807, 2.05) is 24.3 Å². The largest absolute Gasteiger partial charge is 0.456 e. The Morgan fingerprint density at radius 2 is 0.712 bits per heavy atom. The van der Waals surface area contributed by atoms with Crippen molar-refractivity contribution in [1.29, 1.82) is 0 Å². The molecule has 276 valence electrons. The summed E-state index contributed by atoms with van der Waals surface area (Å²) >= 11 is 0. The minimum atomic E-state index is 0.575. The van der Waals surface area contributed by atoms with Crippen molar-refractivity contribution >= 4 is 32.7 Å². The van der Waals surface area contributed by atoms with Gasteiger partial charge in [-0.15, -0.1) is 0 Å². The molecule has 9 aromatic carbocycles. The first-order valence-corrected chi connectivity index (χ1v) is 19.8. The molecule has 0 aliphatic rings. The van der Waals surface area contributed by atoms with Crippen LogP contribution in [-0.2, 0) is 0 Å². The van der Waals surface area contributed by atoms with Gasteiger partial charge in [-0.3, -0.25) is 0 Å². The summed E-state index contributed by atoms with van der Waals surface area (Å²) in [6, 6.07) is 74.1. The summed E-state index contributed by atoms with van der Waals surface area (Å²) in [6.07, 6.45) is 0. The van der Waals surface area contributed by atoms with E-state index in [-0.39, 0.29) is 0 Å². The molecule has 11 rings (SSSR count). The highest BCUT2D eigenvalue weighted by atomic mass is 16.3. The fraction of sp³-hybridized carbons (Fsp3) is 0. The van der Waals surface area contributed by atoms with E-state index in [2.05, 4.69) is 188 Å². The van der Waals surface area contributed by atoms with Gasteiger partial charge < -0.3 is 4.42 Å². The van der Waals surface area contributed by atoms with Gasteiger partial charge >= 0.3 is 0 Å². The van der Waals surface area contributed by atoms with Crippen LogP contribution < -0.4 is 0 Å². The Hall–Kier alpha value is -7.95. The highest BCUT2D eigenvalue weighted by Crippen LogP contribution is 2.42. The smallest absolute Gasteiger partial charge is 0.164 e. The van der Waals surface area contributed by atoms with Crippen molar-refractivity contribution in [2.24, 2.45) is 0 Å². The first-order chi connectivity index (χ1) is 29.2. The van der Waals surface area contributed by atoms with Gasteiger partial charge in [0.05, 0.1) is 0 Å². The lowest BCUT2D eigenvalue weighted by Crippen LogP contribution is -2.01. The molecule has 2 heterocycles. The van der Waals surface area contributed by atoms with E-state index < -0.39 is 0 Å². The summed E-state index contributed by atoms with van der Waals surface area (Å²) < 4.78 is 6.67. The highest BCUT2D eigenvalue weighted by molar-refractivity contribution is 6.14. The van der Waals surface area contributed by atoms with Crippen LogP contribution in [0.15, 0.2) is 217 Å². The monoisotopic (exact) mass is 753 g/mol. The molecule has 11 aromatic rings. The molecule has 0 bridgehead atoms. The molecule has 2 aromatic heterocycles. The van der Waals surface area contributed by atoms with Crippen LogP contribution in [0.25, 0.3) is 111 Å². The normalized spacial score (nSPS) is 11.4. The number of benzene rings is 9. The zero-order valence-electron chi connectivity index (χ0n) is 32.0. The summed E-state index contributed by atoms with van der Waals surface area (Å²) in [7, 11) is 0. The average Bonchev–Trinajstić information content (AvgIpc) is 3.70. The van der Waals surface area contributed by atoms with Crippen molar-refractivity contribution in [3.8, 4) is 78.7 Å². The van der Waals surface area contributed by atoms with Crippen LogP contribution in [0.3, 0.4) is 0 Å². The lowest BCUT2D eigenvalue weighted by molar-refractivity contribution is 0.669. The predicted octanol–water partition coefficient (Wildman–Crippen LogP) is 14.6. The van der Waals surface area contributed by atoms with E-state index in [1.165, 1.54) is 0 Å². The Bertz CT molecular complexity index is 3180. The number of hydrogen-bond donors (Lipinski definition) is 0. The van der Waals surface area contributed by atoms with E-state index in [9.17, 15) is 0 Å². The number of aromatic nitrogens is 3. The first-order valence-electron chi connectivity index (χ1n) is 19.8. The summed E-state index contributed by atoms with van der Waals surface area (Å²) in [5.41, 5.74) is 13.3. The second-order valence-electron chi connectivity index (χ2n) is 14.8. The third-order valence-electron chi connectivity index (χ3n) is 11.1. The van der Waals surface area contributed by atoms with E-state index in [0.29, 0.717) is 17.5 Å². The molecule has 0 saturated heterocycles. The molecule has 0 aliphatic carbocycles. The Morgan fingerprint density at radius 1 is 0.271 bits per heavy atom. The molecule has 0 fully saturated rings. The minimum Gasteiger partial charge on any atom is -0.456 e. The van der Waals surface area contributed by atoms with Crippen molar-refractivity contribution in [3.63, 3.8) is 0 Å². The molecule has 4 heteroatoms. The van der Waals surface area contributed by atoms with Gasteiger partial charge in [0.2, 0.25) is 0 Å². The molecule has 0 amide bonds. The second kappa shape index (κ2) is 14.5. The number of furan rings is 1. The van der Waals surface area contributed by atoms with Gasteiger partial charge in [-0.2, -0.15) is 0 Å². The summed E-state index contributed by atoms with van der Waals surface area (Å²) in [5, 5.41) is 4.30. The Kier molecular flexibility index (Phi) is 8.45. The minimum absolute atomic E-state index is 0.575. The van der Waals surface area contributed by atoms with Gasteiger partial charge in [-0.1, -0.05) is 182 Å². The first kappa shape index (κ1) is 34.3. The maximum absolute atomic E-state index is 6.67. The van der Waals surface area contributed by atoms with Gasteiger partial charge in [0.1, 0.15) is 11.2 Å². The van der Waals surface area contributed by atoms with Crippen LogP contribution in [0, 0.1) is 0 Å². The second-order valence-corrected chi connectivity index (χ2v) is 14.8. The Labute approximate surface area is 341 Å². The number of rotatable bonds is 7. The Morgan fingerprint density at radius 3 is 1.31 bits per heavy atom. The molecular weight excluding hydrogens is 719 g/mol. The number of para-hydroxylation sites is 1. The SMILES string of the molecule is c1ccc(-c2ccc(-c3nc(-c4ccc(-c5ccccc5)cc4)nc(-c4cc(-c5cc(-c6ccccc6)cc6ccccc56)cc5oc6ccccc6c45)n3)cc2)cc1. The number of fused-ring (bicyclic) bond motifs is 4. The highest BCUT2D eigenvalue weighted by Gasteiger charge is 2.21. The van der Waals surface area contributed by atoms with Crippen LogP contribution in [0.1, 0.15) is 0 Å². The maximum Gasteiger partial charge on any atom is 0.164 e. The predicted molar refractivity (Wildman–Crippen MR) is 243 cm³/mol. The molecule has 59 heavy (non-hydrogen) atoms. The molecular formula is C55H35N3O. The molecule has 0 aliphatic heterocycles. The van der Waals surface area contributed by atoms with Crippen LogP contribution in [0.5, 0.6) is 0 Å². The quantitative estimate of drug-likeness (QED) is 0.163. The van der Waals surface area contributed by atoms with Crippen molar-refractivity contribution in [1.82, 2.24) is 15.0 Å². The van der Waals surface area contributed by atoms with Crippen molar-refractivity contribution in [2.75, 3.05) is 0 Å². The van der Waals surface area contributed by atoms with E-state index in [4.69, 9.17) is 19.4 Å². The molecule has 0 unspecified atom stereocenters. The van der Waals surface area contributed by atoms with Crippen LogP contribution in [-0.4, -0.2) is 15.0 Å². The zero-order chi connectivity index (χ0) is 39.1. The van der Waals surface area contributed by atoms with E-state index in [0.717, 1.165) is 93.9 Å². The van der Waals surface area contributed by atoms with Gasteiger partial charge in [0, 0.05) is 27.5 Å². The van der Waals surface area contributed by atoms with Gasteiger partial charge in [-0.25, -0.2) is 15.0 Å². The topological polar surface area (TPSA) is 51.8 Å². The molecule has 0 atom stereocenters. The standard InChI is InChI=1S/C55H35N3O/c1-4-14-36(15-5-1)39-24-28-41(29-25-39)53-56-54(42-30-26-40(27-31-42)37-16-6-2-7-17-37)58-55(57-53)49-34-45(35-51-52(49)47-22-12-13-23-50(47)59-51)48-33-44(38-18-8-3-9-19-38)32-43-20-10-11-21-46(43)48/h1-35H. The van der Waals surface area contributed by atoms with E-state index >= 15 is 0 Å². The molecule has 4 nitrogen and oxygen atoms in total. The fourth-order valence-electron chi connectivity index (χ4n) is 8.17. The van der Waals surface area contributed by atoms with Gasteiger partial charge in [0.25, 0.3) is 0 Å². The molecule has 0 spiro atoms. The fourth-order valence-corrected chi connectivity index (χ4v) is 8.17. The third kappa shape index (κ3) is 6.43. The van der Waals surface area contributed by atoms with Crippen molar-refractivity contribution in [3.05, 3.63) is 212 Å². The average molecular weight is 754 g/mol. The van der Waals surface area contributed by atoms with Gasteiger partial charge in [0.15, 0.2) is 17.5 Å². The molecule has 0 N–H and O–H groups in total. The lowest BCUT2D eigenvalue weighted by atomic mass is 9.91. The van der Waals surface area contributed by atoms with E-state index in [1.54, 1.807) is 0 Å². The summed E-state index contributed by atoms with van der Waals surface area (Å²) in [4.78, 5) is 15.8. The number of nitrogens with zero attached hydrogens (tertiary/aromatic N) is 3. The van der Waals surface area contributed by atoms with Crippen molar-refractivity contribution < 1.29 is 4.42 Å². The summed E-state index contributed by atoms with van der Waals surface area (Å²) in [5.74, 6) is 1.77. The van der Waals surface area contributed by atoms with Crippen LogP contribution >= 0.6 is 0 Å². The van der Waals surface area contributed by atoms with Crippen LogP contribution in [0.4, 0.5) is 0 Å². The lowest BCUT2D eigenvalue weighted by Gasteiger charge is -2.14. The Balaban J connectivity index is 1.14. The maximum atomic E-state index is 6.67. The molecule has 0 radical (unpaired) electrons. The number of hydrogen-bond acceptors (Lipinski definition) is 4. The van der Waals surface area contributed by atoms with Crippen molar-refractivity contribution in [2.45, 2.75) is 0 Å². The summed E-state index contributed by atoms with van der Waals surface area (Å²) in [6.45, 7) is 0. The third-order valence-corrected chi connectivity index (χ3v) is 11.1. The van der Waals surface area contributed by atoms with Crippen LogP contribution in [0.2, 0.25) is 0 Å². The van der Waals surface area contributed by atoms with Gasteiger partial charge in [-0.05, 0) is 85.6 Å².